The van der Waals surface area contributed by atoms with E-state index in [1.807, 2.05) is 0 Å². The second kappa shape index (κ2) is 7.22. The third-order valence-corrected chi connectivity index (χ3v) is 2.78. The average molecular weight is 286 g/mol. The fourth-order valence-electron chi connectivity index (χ4n) is 1.76. The zero-order chi connectivity index (χ0) is 15.1. The van der Waals surface area contributed by atoms with Crippen molar-refractivity contribution < 1.29 is 9.18 Å². The predicted molar refractivity (Wildman–Crippen MR) is 77.0 cm³/mol. The zero-order valence-electron chi connectivity index (χ0n) is 11.3. The molecule has 0 atom stereocenters. The monoisotopic (exact) mass is 286 g/mol. The molecule has 0 aliphatic heterocycles. The highest BCUT2D eigenvalue weighted by Gasteiger charge is 2.11. The van der Waals surface area contributed by atoms with Gasteiger partial charge in [0.2, 0.25) is 0 Å². The van der Waals surface area contributed by atoms with Crippen molar-refractivity contribution in [3.63, 3.8) is 0 Å². The van der Waals surface area contributed by atoms with Crippen molar-refractivity contribution in [2.75, 3.05) is 13.1 Å². The molecule has 21 heavy (non-hydrogen) atoms. The second-order valence-electron chi connectivity index (χ2n) is 4.28. The first-order valence-corrected chi connectivity index (χ1v) is 6.44. The number of imidazole rings is 1. The van der Waals surface area contributed by atoms with E-state index in [0.29, 0.717) is 18.5 Å². The van der Waals surface area contributed by atoms with Gasteiger partial charge in [0.15, 0.2) is 0 Å². The number of aromatic amines is 1. The van der Waals surface area contributed by atoms with Crippen molar-refractivity contribution in [3.05, 3.63) is 53.4 Å². The number of hydrogen-bond acceptors (Lipinski definition) is 3. The third-order valence-electron chi connectivity index (χ3n) is 2.78. The molecule has 0 aliphatic carbocycles. The van der Waals surface area contributed by atoms with E-state index in [9.17, 15) is 9.18 Å². The molecule has 4 N–H and O–H groups in total. The lowest BCUT2D eigenvalue weighted by molar-refractivity contribution is 0.0950. The third kappa shape index (κ3) is 4.16. The zero-order valence-corrected chi connectivity index (χ0v) is 11.3. The van der Waals surface area contributed by atoms with Crippen LogP contribution in [0.4, 0.5) is 4.39 Å². The number of nitrogens with two attached hydrogens (primary N) is 1. The van der Waals surface area contributed by atoms with E-state index in [4.69, 9.17) is 5.73 Å². The summed E-state index contributed by atoms with van der Waals surface area (Å²) in [6.45, 7) is 0.599. The van der Waals surface area contributed by atoms with E-state index >= 15 is 0 Å². The molecule has 1 amide bonds. The van der Waals surface area contributed by atoms with Crippen molar-refractivity contribution in [1.82, 2.24) is 15.3 Å². The predicted octanol–water partition coefficient (Wildman–Crippen LogP) is 0.831. The Morgan fingerprint density at radius 3 is 3.05 bits per heavy atom. The molecular weight excluding hydrogens is 271 g/mol. The van der Waals surface area contributed by atoms with E-state index in [0.717, 1.165) is 5.69 Å². The fourth-order valence-corrected chi connectivity index (χ4v) is 1.76. The van der Waals surface area contributed by atoms with E-state index in [2.05, 4.69) is 27.1 Å². The fraction of sp³-hybridized carbons (Fsp3) is 0.200. The first-order chi connectivity index (χ1) is 10.2. The number of amides is 1. The van der Waals surface area contributed by atoms with Crippen LogP contribution < -0.4 is 11.1 Å². The van der Waals surface area contributed by atoms with Gasteiger partial charge >= 0.3 is 0 Å². The topological polar surface area (TPSA) is 83.8 Å². The first kappa shape index (κ1) is 14.8. The summed E-state index contributed by atoms with van der Waals surface area (Å²) in [6.07, 6.45) is 3.84. The molecule has 0 saturated carbocycles. The normalized spacial score (nSPS) is 9.81. The summed E-state index contributed by atoms with van der Waals surface area (Å²) in [6, 6.07) is 4.16. The van der Waals surface area contributed by atoms with Crippen LogP contribution in [0.2, 0.25) is 0 Å². The van der Waals surface area contributed by atoms with E-state index in [1.54, 1.807) is 12.5 Å². The minimum atomic E-state index is -0.577. The number of halogens is 1. The molecule has 2 rings (SSSR count). The average Bonchev–Trinajstić information content (AvgIpc) is 2.99. The van der Waals surface area contributed by atoms with Crippen molar-refractivity contribution in [1.29, 1.82) is 0 Å². The van der Waals surface area contributed by atoms with Crippen LogP contribution in [0.5, 0.6) is 0 Å². The lowest BCUT2D eigenvalue weighted by atomic mass is 10.1. The molecule has 108 valence electrons. The standard InChI is InChI=1S/C15H15FN4O/c16-14-4-3-11(2-1-6-17)8-13(14)15(21)19-7-5-12-9-18-10-20-12/h3-4,8-10H,5-7,17H2,(H,18,20)(H,19,21). The van der Waals surface area contributed by atoms with Crippen molar-refractivity contribution in [2.45, 2.75) is 6.42 Å². The molecule has 1 heterocycles. The van der Waals surface area contributed by atoms with Crippen molar-refractivity contribution in [3.8, 4) is 11.8 Å². The van der Waals surface area contributed by atoms with Crippen LogP contribution in [-0.2, 0) is 6.42 Å². The maximum Gasteiger partial charge on any atom is 0.254 e. The minimum absolute atomic E-state index is 0.0246. The summed E-state index contributed by atoms with van der Waals surface area (Å²) in [7, 11) is 0. The van der Waals surface area contributed by atoms with Crippen LogP contribution in [0.3, 0.4) is 0 Å². The summed E-state index contributed by atoms with van der Waals surface area (Å²) < 4.78 is 13.7. The maximum atomic E-state index is 13.7. The summed E-state index contributed by atoms with van der Waals surface area (Å²) in [4.78, 5) is 18.8. The number of hydrogen-bond donors (Lipinski definition) is 3. The Balaban J connectivity index is 2.00. The van der Waals surface area contributed by atoms with Gasteiger partial charge in [-0.2, -0.15) is 0 Å². The number of carbonyl (C=O) groups is 1. The van der Waals surface area contributed by atoms with Gasteiger partial charge in [-0.3, -0.25) is 4.79 Å². The molecule has 1 aromatic carbocycles. The summed E-state index contributed by atoms with van der Waals surface area (Å²) in [5, 5.41) is 2.66. The molecule has 5 nitrogen and oxygen atoms in total. The molecule has 2 aromatic rings. The van der Waals surface area contributed by atoms with Crippen LogP contribution in [0.15, 0.2) is 30.7 Å². The largest absolute Gasteiger partial charge is 0.352 e. The highest BCUT2D eigenvalue weighted by atomic mass is 19.1. The van der Waals surface area contributed by atoms with Gasteiger partial charge in [-0.05, 0) is 18.2 Å². The van der Waals surface area contributed by atoms with Gasteiger partial charge in [-0.25, -0.2) is 9.37 Å². The van der Waals surface area contributed by atoms with Crippen molar-refractivity contribution >= 4 is 5.91 Å². The van der Waals surface area contributed by atoms with Crippen LogP contribution in [0, 0.1) is 17.7 Å². The number of aromatic nitrogens is 2. The Morgan fingerprint density at radius 1 is 1.48 bits per heavy atom. The smallest absolute Gasteiger partial charge is 0.254 e. The van der Waals surface area contributed by atoms with Crippen LogP contribution >= 0.6 is 0 Å². The minimum Gasteiger partial charge on any atom is -0.352 e. The van der Waals surface area contributed by atoms with E-state index < -0.39 is 11.7 Å². The second-order valence-corrected chi connectivity index (χ2v) is 4.28. The Kier molecular flexibility index (Phi) is 5.07. The van der Waals surface area contributed by atoms with Gasteiger partial charge in [0.1, 0.15) is 5.82 Å². The molecule has 6 heteroatoms. The number of carbonyl (C=O) groups excluding carboxylic acids is 1. The van der Waals surface area contributed by atoms with Gasteiger partial charge in [0.05, 0.1) is 18.4 Å². The van der Waals surface area contributed by atoms with Crippen LogP contribution in [-0.4, -0.2) is 29.0 Å². The lowest BCUT2D eigenvalue weighted by Gasteiger charge is -2.06. The molecular formula is C15H15FN4O. The van der Waals surface area contributed by atoms with Gasteiger partial charge < -0.3 is 16.0 Å². The quantitative estimate of drug-likeness (QED) is 0.728. The summed E-state index contributed by atoms with van der Waals surface area (Å²) >= 11 is 0. The molecule has 0 unspecified atom stereocenters. The Hall–Kier alpha value is -2.65. The first-order valence-electron chi connectivity index (χ1n) is 6.44. The highest BCUT2D eigenvalue weighted by molar-refractivity contribution is 5.94. The Bertz CT molecular complexity index is 671. The lowest BCUT2D eigenvalue weighted by Crippen LogP contribution is -2.26. The highest BCUT2D eigenvalue weighted by Crippen LogP contribution is 2.10. The van der Waals surface area contributed by atoms with Gasteiger partial charge in [-0.15, -0.1) is 0 Å². The SMILES string of the molecule is NCC#Cc1ccc(F)c(C(=O)NCCc2cnc[nH]2)c1. The number of benzene rings is 1. The molecule has 1 aromatic heterocycles. The summed E-state index contributed by atoms with van der Waals surface area (Å²) in [5.41, 5.74) is 6.71. The van der Waals surface area contributed by atoms with Crippen LogP contribution in [0.25, 0.3) is 0 Å². The van der Waals surface area contributed by atoms with Gasteiger partial charge in [0, 0.05) is 30.4 Å². The van der Waals surface area contributed by atoms with Crippen LogP contribution in [0.1, 0.15) is 21.6 Å². The number of H-pyrrole nitrogens is 1. The number of rotatable bonds is 4. The molecule has 0 aliphatic rings. The van der Waals surface area contributed by atoms with Gasteiger partial charge in [0.25, 0.3) is 5.91 Å². The number of nitrogens with zero attached hydrogens (tertiary/aromatic N) is 1. The Labute approximate surface area is 121 Å². The number of nitrogens with one attached hydrogen (secondary N) is 2. The van der Waals surface area contributed by atoms with E-state index in [1.165, 1.54) is 18.2 Å². The molecule has 0 bridgehead atoms. The summed E-state index contributed by atoms with van der Waals surface area (Å²) in [5.74, 6) is 4.39. The molecule has 0 radical (unpaired) electrons. The van der Waals surface area contributed by atoms with E-state index in [-0.39, 0.29) is 12.1 Å². The molecule has 0 saturated heterocycles. The molecule has 0 spiro atoms. The van der Waals surface area contributed by atoms with Crippen molar-refractivity contribution in [2.24, 2.45) is 5.73 Å². The van der Waals surface area contributed by atoms with Gasteiger partial charge in [-0.1, -0.05) is 11.8 Å². The molecule has 0 fully saturated rings. The maximum absolute atomic E-state index is 13.7. The Morgan fingerprint density at radius 2 is 2.33 bits per heavy atom.